The maximum absolute atomic E-state index is 13.1. The number of H-pyrrole nitrogens is 1. The van der Waals surface area contributed by atoms with Crippen molar-refractivity contribution in [1.82, 2.24) is 15.2 Å². The largest absolute Gasteiger partial charge is 0.382 e. The van der Waals surface area contributed by atoms with Crippen molar-refractivity contribution in [2.75, 3.05) is 5.73 Å². The van der Waals surface area contributed by atoms with Crippen molar-refractivity contribution in [2.45, 2.75) is 0 Å². The van der Waals surface area contributed by atoms with Gasteiger partial charge in [-0.2, -0.15) is 5.10 Å². The van der Waals surface area contributed by atoms with Crippen LogP contribution in [0, 0.1) is 5.82 Å². The summed E-state index contributed by atoms with van der Waals surface area (Å²) in [6, 6.07) is 4.42. The second kappa shape index (κ2) is 2.66. The third-order valence-corrected chi connectivity index (χ3v) is 2.39. The number of aromatic amines is 1. The van der Waals surface area contributed by atoms with Gasteiger partial charge in [0.1, 0.15) is 5.82 Å². The second-order valence-corrected chi connectivity index (χ2v) is 3.32. The molecule has 0 fully saturated rings. The van der Waals surface area contributed by atoms with Gasteiger partial charge in [-0.3, -0.25) is 10.1 Å². The molecular weight excluding hydrogens is 195 g/mol. The van der Waals surface area contributed by atoms with Crippen molar-refractivity contribution in [2.24, 2.45) is 0 Å². The molecule has 0 unspecified atom stereocenters. The zero-order valence-corrected chi connectivity index (χ0v) is 7.66. The first-order valence-electron chi connectivity index (χ1n) is 4.43. The van der Waals surface area contributed by atoms with Gasteiger partial charge in [0, 0.05) is 11.6 Å². The van der Waals surface area contributed by atoms with Crippen LogP contribution in [0.5, 0.6) is 0 Å². The molecule has 74 valence electrons. The summed E-state index contributed by atoms with van der Waals surface area (Å²) in [6.45, 7) is 0. The van der Waals surface area contributed by atoms with Crippen molar-refractivity contribution < 1.29 is 4.39 Å². The van der Waals surface area contributed by atoms with Crippen molar-refractivity contribution >= 4 is 27.6 Å². The molecule has 0 atom stereocenters. The maximum atomic E-state index is 13.1. The fraction of sp³-hybridized carbons (Fsp3) is 0. The summed E-state index contributed by atoms with van der Waals surface area (Å²) in [5, 5.41) is 8.05. The molecule has 0 saturated heterocycles. The summed E-state index contributed by atoms with van der Waals surface area (Å²) in [5.74, 6) is 0.0774. The number of fused-ring (bicyclic) bond motifs is 3. The average Bonchev–Trinajstić information content (AvgIpc) is 2.61. The highest BCUT2D eigenvalue weighted by atomic mass is 19.1. The van der Waals surface area contributed by atoms with Gasteiger partial charge in [-0.1, -0.05) is 0 Å². The van der Waals surface area contributed by atoms with Gasteiger partial charge in [-0.05, 0) is 18.2 Å². The minimum Gasteiger partial charge on any atom is -0.382 e. The van der Waals surface area contributed by atoms with Crippen molar-refractivity contribution in [3.63, 3.8) is 0 Å². The van der Waals surface area contributed by atoms with Crippen LogP contribution in [0.2, 0.25) is 0 Å². The van der Waals surface area contributed by atoms with Crippen LogP contribution < -0.4 is 5.73 Å². The van der Waals surface area contributed by atoms with Crippen LogP contribution in [0.25, 0.3) is 21.8 Å². The number of nitrogen functional groups attached to an aromatic ring is 1. The first-order valence-corrected chi connectivity index (χ1v) is 4.43. The molecule has 0 amide bonds. The summed E-state index contributed by atoms with van der Waals surface area (Å²) >= 11 is 0. The van der Waals surface area contributed by atoms with E-state index in [0.717, 1.165) is 5.52 Å². The van der Waals surface area contributed by atoms with E-state index < -0.39 is 0 Å². The fourth-order valence-corrected chi connectivity index (χ4v) is 1.66. The minimum absolute atomic E-state index is 0.301. The lowest BCUT2D eigenvalue weighted by molar-refractivity contribution is 0.629. The van der Waals surface area contributed by atoms with Crippen molar-refractivity contribution in [3.05, 3.63) is 30.2 Å². The van der Waals surface area contributed by atoms with E-state index >= 15 is 0 Å². The Morgan fingerprint density at radius 2 is 2.13 bits per heavy atom. The van der Waals surface area contributed by atoms with E-state index in [2.05, 4.69) is 15.2 Å². The topological polar surface area (TPSA) is 67.6 Å². The van der Waals surface area contributed by atoms with Crippen molar-refractivity contribution in [3.8, 4) is 0 Å². The first-order chi connectivity index (χ1) is 7.25. The van der Waals surface area contributed by atoms with Gasteiger partial charge in [-0.15, -0.1) is 0 Å². The van der Waals surface area contributed by atoms with Crippen LogP contribution in [0.3, 0.4) is 0 Å². The van der Waals surface area contributed by atoms with Gasteiger partial charge in [0.25, 0.3) is 0 Å². The molecular formula is C10H7FN4. The molecule has 2 aromatic heterocycles. The number of hydrogen-bond donors (Lipinski definition) is 2. The molecule has 0 bridgehead atoms. The lowest BCUT2D eigenvalue weighted by Crippen LogP contribution is -1.85. The zero-order chi connectivity index (χ0) is 10.4. The number of nitrogens with one attached hydrogen (secondary N) is 1. The van der Waals surface area contributed by atoms with E-state index in [1.165, 1.54) is 12.1 Å². The van der Waals surface area contributed by atoms with E-state index in [-0.39, 0.29) is 5.82 Å². The minimum atomic E-state index is -0.301. The predicted molar refractivity (Wildman–Crippen MR) is 55.8 cm³/mol. The third-order valence-electron chi connectivity index (χ3n) is 2.39. The molecule has 0 aliphatic rings. The number of nitrogens with two attached hydrogens (primary N) is 1. The van der Waals surface area contributed by atoms with Crippen LogP contribution in [0.4, 0.5) is 10.2 Å². The molecule has 15 heavy (non-hydrogen) atoms. The standard InChI is InChI=1S/C10H7FN4/c11-5-1-2-8-6(3-5)9-7(4-13-8)10(12)15-14-9/h1-4H,(H3,12,14,15). The number of aromatic nitrogens is 3. The molecule has 0 saturated carbocycles. The molecule has 3 N–H and O–H groups in total. The predicted octanol–water partition coefficient (Wildman–Crippen LogP) is 1.83. The molecule has 4 nitrogen and oxygen atoms in total. The fourth-order valence-electron chi connectivity index (χ4n) is 1.66. The molecule has 3 rings (SSSR count). The summed E-state index contributed by atoms with van der Waals surface area (Å²) < 4.78 is 13.1. The molecule has 0 aliphatic carbocycles. The van der Waals surface area contributed by atoms with Gasteiger partial charge >= 0.3 is 0 Å². The van der Waals surface area contributed by atoms with Gasteiger partial charge < -0.3 is 5.73 Å². The van der Waals surface area contributed by atoms with Gasteiger partial charge in [0.05, 0.1) is 16.4 Å². The Hall–Kier alpha value is -2.17. The number of nitrogens with zero attached hydrogens (tertiary/aromatic N) is 2. The molecule has 0 radical (unpaired) electrons. The Morgan fingerprint density at radius 1 is 1.27 bits per heavy atom. The number of rotatable bonds is 0. The molecule has 2 heterocycles. The second-order valence-electron chi connectivity index (χ2n) is 3.32. The summed E-state index contributed by atoms with van der Waals surface area (Å²) in [6.07, 6.45) is 1.63. The van der Waals surface area contributed by atoms with Gasteiger partial charge in [0.2, 0.25) is 0 Å². The van der Waals surface area contributed by atoms with Crippen LogP contribution in [0.1, 0.15) is 0 Å². The highest BCUT2D eigenvalue weighted by Crippen LogP contribution is 2.25. The summed E-state index contributed by atoms with van der Waals surface area (Å²) in [7, 11) is 0. The molecule has 0 aliphatic heterocycles. The van der Waals surface area contributed by atoms with E-state index in [1.807, 2.05) is 0 Å². The lowest BCUT2D eigenvalue weighted by Gasteiger charge is -1.98. The molecule has 0 spiro atoms. The molecule has 1 aromatic carbocycles. The van der Waals surface area contributed by atoms with Gasteiger partial charge in [-0.25, -0.2) is 4.39 Å². The Morgan fingerprint density at radius 3 is 3.00 bits per heavy atom. The highest BCUT2D eigenvalue weighted by Gasteiger charge is 2.07. The summed E-state index contributed by atoms with van der Waals surface area (Å²) in [5.41, 5.74) is 7.06. The average molecular weight is 202 g/mol. The quantitative estimate of drug-likeness (QED) is 0.584. The Labute approximate surface area is 83.9 Å². The van der Waals surface area contributed by atoms with E-state index in [0.29, 0.717) is 22.1 Å². The monoisotopic (exact) mass is 202 g/mol. The first kappa shape index (κ1) is 8.16. The van der Waals surface area contributed by atoms with Crippen LogP contribution in [-0.4, -0.2) is 15.2 Å². The molecule has 3 aromatic rings. The van der Waals surface area contributed by atoms with E-state index in [1.54, 1.807) is 12.3 Å². The van der Waals surface area contributed by atoms with Gasteiger partial charge in [0.15, 0.2) is 5.82 Å². The maximum Gasteiger partial charge on any atom is 0.154 e. The van der Waals surface area contributed by atoms with Crippen LogP contribution in [0.15, 0.2) is 24.4 Å². The number of pyridine rings is 1. The number of benzene rings is 1. The van der Waals surface area contributed by atoms with Crippen LogP contribution in [-0.2, 0) is 0 Å². The number of anilines is 1. The van der Waals surface area contributed by atoms with E-state index in [9.17, 15) is 4.39 Å². The zero-order valence-electron chi connectivity index (χ0n) is 7.66. The van der Waals surface area contributed by atoms with Crippen LogP contribution >= 0.6 is 0 Å². The Balaban J connectivity index is 2.57. The summed E-state index contributed by atoms with van der Waals surface area (Å²) in [4.78, 5) is 4.18. The smallest absolute Gasteiger partial charge is 0.154 e. The van der Waals surface area contributed by atoms with E-state index in [4.69, 9.17) is 5.73 Å². The lowest BCUT2D eigenvalue weighted by atomic mass is 10.1. The SMILES string of the molecule is Nc1n[nH]c2c1cnc1ccc(F)cc12. The normalized spacial score (nSPS) is 11.3. The highest BCUT2D eigenvalue weighted by molar-refractivity contribution is 6.06. The Kier molecular flexibility index (Phi) is 1.45. The number of hydrogen-bond acceptors (Lipinski definition) is 3. The van der Waals surface area contributed by atoms with Crippen molar-refractivity contribution in [1.29, 1.82) is 0 Å². The molecule has 5 heteroatoms. The number of halogens is 1. The Bertz CT molecular complexity index is 659. The third kappa shape index (κ3) is 1.06.